The molecule has 140 valence electrons. The van der Waals surface area contributed by atoms with Gasteiger partial charge in [0, 0.05) is 29.1 Å². The number of nitrogens with zero attached hydrogens (tertiary/aromatic N) is 2. The standard InChI is InChI=1S/C20H21N3O2S2/c1-12-7-13(2)18(14(3)8-12)22-17(24)9-23(4)20(25)16-11-27-19(21-16)15-5-6-26-10-15/h5-8,10-11H,9H2,1-4H3,(H,22,24). The molecule has 0 saturated heterocycles. The Balaban J connectivity index is 1.65. The number of carbonyl (C=O) groups excluding carboxylic acids is 2. The number of amides is 2. The second kappa shape index (κ2) is 8.02. The van der Waals surface area contributed by atoms with Gasteiger partial charge in [0.2, 0.25) is 5.91 Å². The Morgan fingerprint density at radius 1 is 1.15 bits per heavy atom. The third-order valence-corrected chi connectivity index (χ3v) is 5.73. The number of hydrogen-bond acceptors (Lipinski definition) is 5. The monoisotopic (exact) mass is 399 g/mol. The van der Waals surface area contributed by atoms with E-state index in [2.05, 4.69) is 10.3 Å². The summed E-state index contributed by atoms with van der Waals surface area (Å²) in [5.74, 6) is -0.491. The van der Waals surface area contributed by atoms with Crippen molar-refractivity contribution in [3.63, 3.8) is 0 Å². The fraction of sp³-hybridized carbons (Fsp3) is 0.250. The molecule has 0 radical (unpaired) electrons. The molecule has 3 rings (SSSR count). The molecule has 0 aliphatic rings. The fourth-order valence-electron chi connectivity index (χ4n) is 2.93. The Morgan fingerprint density at radius 3 is 2.48 bits per heavy atom. The number of aromatic nitrogens is 1. The number of rotatable bonds is 5. The minimum Gasteiger partial charge on any atom is -0.331 e. The summed E-state index contributed by atoms with van der Waals surface area (Å²) < 4.78 is 0. The van der Waals surface area contributed by atoms with Crippen LogP contribution in [0.1, 0.15) is 27.2 Å². The van der Waals surface area contributed by atoms with Crippen LogP contribution < -0.4 is 5.32 Å². The van der Waals surface area contributed by atoms with Crippen molar-refractivity contribution in [2.24, 2.45) is 0 Å². The van der Waals surface area contributed by atoms with Crippen LogP contribution in [0.3, 0.4) is 0 Å². The zero-order chi connectivity index (χ0) is 19.6. The summed E-state index contributed by atoms with van der Waals surface area (Å²) in [4.78, 5) is 30.8. The first-order valence-electron chi connectivity index (χ1n) is 8.46. The molecule has 27 heavy (non-hydrogen) atoms. The van der Waals surface area contributed by atoms with E-state index < -0.39 is 0 Å². The average molecular weight is 400 g/mol. The van der Waals surface area contributed by atoms with Gasteiger partial charge in [0.1, 0.15) is 10.7 Å². The van der Waals surface area contributed by atoms with Crippen molar-refractivity contribution in [3.05, 3.63) is 56.7 Å². The van der Waals surface area contributed by atoms with E-state index in [1.807, 2.05) is 49.7 Å². The predicted molar refractivity (Wildman–Crippen MR) is 112 cm³/mol. The van der Waals surface area contributed by atoms with Gasteiger partial charge in [0.15, 0.2) is 0 Å². The van der Waals surface area contributed by atoms with Crippen molar-refractivity contribution in [2.45, 2.75) is 20.8 Å². The van der Waals surface area contributed by atoms with Gasteiger partial charge in [-0.25, -0.2) is 4.98 Å². The highest BCUT2D eigenvalue weighted by molar-refractivity contribution is 7.14. The molecule has 2 heterocycles. The Bertz CT molecular complexity index is 954. The lowest BCUT2D eigenvalue weighted by Gasteiger charge is -2.17. The topological polar surface area (TPSA) is 62.3 Å². The van der Waals surface area contributed by atoms with Crippen LogP contribution in [0.4, 0.5) is 5.69 Å². The highest BCUT2D eigenvalue weighted by atomic mass is 32.1. The zero-order valence-electron chi connectivity index (χ0n) is 15.7. The molecule has 1 N–H and O–H groups in total. The summed E-state index contributed by atoms with van der Waals surface area (Å²) in [7, 11) is 1.61. The van der Waals surface area contributed by atoms with Crippen LogP contribution in [0.15, 0.2) is 34.3 Å². The van der Waals surface area contributed by atoms with Gasteiger partial charge in [0.25, 0.3) is 5.91 Å². The van der Waals surface area contributed by atoms with E-state index in [-0.39, 0.29) is 18.4 Å². The van der Waals surface area contributed by atoms with E-state index in [9.17, 15) is 9.59 Å². The van der Waals surface area contributed by atoms with Gasteiger partial charge < -0.3 is 10.2 Å². The lowest BCUT2D eigenvalue weighted by molar-refractivity contribution is -0.116. The second-order valence-electron chi connectivity index (χ2n) is 6.53. The number of hydrogen-bond donors (Lipinski definition) is 1. The van der Waals surface area contributed by atoms with Crippen LogP contribution in [-0.4, -0.2) is 35.3 Å². The number of likely N-dealkylation sites (N-methyl/N-ethyl adjacent to an activating group) is 1. The first kappa shape index (κ1) is 19.3. The lowest BCUT2D eigenvalue weighted by atomic mass is 10.1. The number of thiazole rings is 1. The van der Waals surface area contributed by atoms with E-state index in [0.717, 1.165) is 32.9 Å². The molecule has 0 fully saturated rings. The van der Waals surface area contributed by atoms with Crippen LogP contribution in [0.25, 0.3) is 10.6 Å². The van der Waals surface area contributed by atoms with E-state index in [1.165, 1.54) is 16.2 Å². The molecule has 0 aliphatic heterocycles. The largest absolute Gasteiger partial charge is 0.331 e. The van der Waals surface area contributed by atoms with Gasteiger partial charge in [-0.3, -0.25) is 9.59 Å². The van der Waals surface area contributed by atoms with Crippen molar-refractivity contribution in [3.8, 4) is 10.6 Å². The summed E-state index contributed by atoms with van der Waals surface area (Å²) >= 11 is 3.02. The molecule has 0 atom stereocenters. The fourth-order valence-corrected chi connectivity index (χ4v) is 4.44. The van der Waals surface area contributed by atoms with E-state index in [4.69, 9.17) is 0 Å². The van der Waals surface area contributed by atoms with Gasteiger partial charge in [-0.15, -0.1) is 11.3 Å². The molecule has 2 amide bonds. The molecule has 2 aromatic heterocycles. The molecule has 5 nitrogen and oxygen atoms in total. The molecule has 0 spiro atoms. The van der Waals surface area contributed by atoms with Crippen LogP contribution in [0.5, 0.6) is 0 Å². The first-order chi connectivity index (χ1) is 12.8. The highest BCUT2D eigenvalue weighted by Gasteiger charge is 2.19. The maximum absolute atomic E-state index is 12.6. The SMILES string of the molecule is Cc1cc(C)c(NC(=O)CN(C)C(=O)c2csc(-c3ccsc3)n2)c(C)c1. The number of anilines is 1. The molecule has 0 saturated carbocycles. The molecule has 3 aromatic rings. The van der Waals surface area contributed by atoms with Gasteiger partial charge in [0.05, 0.1) is 6.54 Å². The van der Waals surface area contributed by atoms with Gasteiger partial charge in [-0.05, 0) is 43.3 Å². The highest BCUT2D eigenvalue weighted by Crippen LogP contribution is 2.26. The third kappa shape index (κ3) is 4.43. The molecule has 0 aliphatic carbocycles. The first-order valence-corrected chi connectivity index (χ1v) is 10.3. The lowest BCUT2D eigenvalue weighted by Crippen LogP contribution is -2.35. The van der Waals surface area contributed by atoms with E-state index in [1.54, 1.807) is 23.8 Å². The van der Waals surface area contributed by atoms with Crippen LogP contribution in [0.2, 0.25) is 0 Å². The molecular weight excluding hydrogens is 378 g/mol. The van der Waals surface area contributed by atoms with E-state index in [0.29, 0.717) is 5.69 Å². The number of aryl methyl sites for hydroxylation is 3. The minimum absolute atomic E-state index is 0.0309. The van der Waals surface area contributed by atoms with E-state index >= 15 is 0 Å². The Morgan fingerprint density at radius 2 is 1.85 bits per heavy atom. The van der Waals surface area contributed by atoms with Crippen LogP contribution in [-0.2, 0) is 4.79 Å². The van der Waals surface area contributed by atoms with Crippen molar-refractivity contribution >= 4 is 40.2 Å². The van der Waals surface area contributed by atoms with Crippen molar-refractivity contribution in [2.75, 3.05) is 18.9 Å². The number of carbonyl (C=O) groups is 2. The van der Waals surface area contributed by atoms with Crippen molar-refractivity contribution in [1.82, 2.24) is 9.88 Å². The molecule has 0 unspecified atom stereocenters. The zero-order valence-corrected chi connectivity index (χ0v) is 17.3. The Kier molecular flexibility index (Phi) is 5.72. The average Bonchev–Trinajstić information content (AvgIpc) is 3.28. The van der Waals surface area contributed by atoms with Gasteiger partial charge in [-0.2, -0.15) is 11.3 Å². The maximum atomic E-state index is 12.6. The second-order valence-corrected chi connectivity index (χ2v) is 8.17. The molecular formula is C20H21N3O2S2. The molecule has 0 bridgehead atoms. The minimum atomic E-state index is -0.264. The number of thiophene rings is 1. The Labute approximate surface area is 166 Å². The molecule has 7 heteroatoms. The van der Waals surface area contributed by atoms with Gasteiger partial charge >= 0.3 is 0 Å². The summed E-state index contributed by atoms with van der Waals surface area (Å²) in [6, 6.07) is 6.03. The molecule has 1 aromatic carbocycles. The van der Waals surface area contributed by atoms with Crippen LogP contribution in [0, 0.1) is 20.8 Å². The summed E-state index contributed by atoms with van der Waals surface area (Å²) in [5, 5.41) is 9.44. The smallest absolute Gasteiger partial charge is 0.273 e. The summed E-state index contributed by atoms with van der Waals surface area (Å²) in [6.45, 7) is 5.92. The third-order valence-electron chi connectivity index (χ3n) is 4.16. The Hall–Kier alpha value is -2.51. The maximum Gasteiger partial charge on any atom is 0.273 e. The quantitative estimate of drug-likeness (QED) is 0.687. The predicted octanol–water partition coefficient (Wildman–Crippen LogP) is 4.51. The van der Waals surface area contributed by atoms with Gasteiger partial charge in [-0.1, -0.05) is 17.7 Å². The summed E-state index contributed by atoms with van der Waals surface area (Å²) in [5.41, 5.74) is 5.35. The summed E-state index contributed by atoms with van der Waals surface area (Å²) in [6.07, 6.45) is 0. The van der Waals surface area contributed by atoms with Crippen molar-refractivity contribution in [1.29, 1.82) is 0 Å². The number of nitrogens with one attached hydrogen (secondary N) is 1. The van der Waals surface area contributed by atoms with Crippen molar-refractivity contribution < 1.29 is 9.59 Å². The van der Waals surface area contributed by atoms with Crippen LogP contribution >= 0.6 is 22.7 Å². The normalized spacial score (nSPS) is 10.7. The number of benzene rings is 1.